The third-order valence-corrected chi connectivity index (χ3v) is 8.23. The maximum atomic E-state index is 12.7. The van der Waals surface area contributed by atoms with E-state index in [-0.39, 0.29) is 5.41 Å². The smallest absolute Gasteiger partial charge is 0.229 e. The quantitative estimate of drug-likeness (QED) is 0.639. The molecule has 2 aliphatic rings. The Balaban J connectivity index is 1.55. The average molecular weight is 406 g/mol. The second kappa shape index (κ2) is 6.39. The van der Waals surface area contributed by atoms with Crippen molar-refractivity contribution in [2.45, 2.75) is 42.2 Å². The molecule has 0 amide bonds. The molecule has 2 heterocycles. The molecule has 1 aromatic heterocycles. The van der Waals surface area contributed by atoms with Gasteiger partial charge >= 0.3 is 0 Å². The summed E-state index contributed by atoms with van der Waals surface area (Å²) in [4.78, 5) is 11.7. The molecule has 1 aliphatic heterocycles. The number of benzene rings is 2. The zero-order valence-electron chi connectivity index (χ0n) is 16.5. The van der Waals surface area contributed by atoms with E-state index in [9.17, 15) is 8.42 Å². The third-order valence-electron chi connectivity index (χ3n) is 6.08. The second-order valence-corrected chi connectivity index (χ2v) is 10.8. The summed E-state index contributed by atoms with van der Waals surface area (Å²) in [6, 6.07) is 15.6. The van der Waals surface area contributed by atoms with Crippen molar-refractivity contribution in [3.8, 4) is 11.1 Å². The molecule has 1 saturated carbocycles. The molecule has 1 spiro atoms. The van der Waals surface area contributed by atoms with Crippen LogP contribution in [0, 0.1) is 0 Å². The van der Waals surface area contributed by atoms with E-state index in [0.717, 1.165) is 36.2 Å². The van der Waals surface area contributed by atoms with Gasteiger partial charge in [0, 0.05) is 35.6 Å². The molecule has 0 unspecified atom stereocenters. The summed E-state index contributed by atoms with van der Waals surface area (Å²) >= 11 is 0. The molecule has 2 aromatic carbocycles. The van der Waals surface area contributed by atoms with Crippen LogP contribution in [0.1, 0.15) is 32.3 Å². The lowest BCUT2D eigenvalue weighted by atomic mass is 9.99. The molecular formula is C23H23N3O2S. The summed E-state index contributed by atoms with van der Waals surface area (Å²) in [5, 5.41) is -0.452. The predicted molar refractivity (Wildman–Crippen MR) is 114 cm³/mol. The van der Waals surface area contributed by atoms with Gasteiger partial charge in [-0.3, -0.25) is 0 Å². The molecule has 3 aromatic rings. The molecule has 5 nitrogen and oxygen atoms in total. The Hall–Kier alpha value is -2.73. The SMILES string of the molecule is CC(C)S(=O)(=O)c1ccc2c(c1)N(c1ncc(-c3ccccc3)cn1)CC21CC1. The van der Waals surface area contributed by atoms with E-state index < -0.39 is 15.1 Å². The zero-order chi connectivity index (χ0) is 20.2. The minimum absolute atomic E-state index is 0.122. The molecule has 0 bridgehead atoms. The minimum Gasteiger partial charge on any atom is -0.309 e. The van der Waals surface area contributed by atoms with E-state index in [0.29, 0.717) is 10.8 Å². The van der Waals surface area contributed by atoms with Crippen LogP contribution in [0.4, 0.5) is 11.6 Å². The van der Waals surface area contributed by atoms with Crippen LogP contribution in [-0.4, -0.2) is 30.2 Å². The van der Waals surface area contributed by atoms with Gasteiger partial charge in [0.05, 0.1) is 10.1 Å². The van der Waals surface area contributed by atoms with Gasteiger partial charge < -0.3 is 4.90 Å². The monoisotopic (exact) mass is 405 g/mol. The first-order valence-electron chi connectivity index (χ1n) is 9.94. The van der Waals surface area contributed by atoms with E-state index in [1.165, 1.54) is 5.56 Å². The van der Waals surface area contributed by atoms with Crippen LogP contribution in [0.3, 0.4) is 0 Å². The van der Waals surface area contributed by atoms with E-state index in [1.54, 1.807) is 19.9 Å². The Kier molecular flexibility index (Phi) is 4.03. The molecular weight excluding hydrogens is 382 g/mol. The summed E-state index contributed by atoms with van der Waals surface area (Å²) in [5.74, 6) is 0.619. The minimum atomic E-state index is -3.33. The van der Waals surface area contributed by atoms with E-state index in [2.05, 4.69) is 14.9 Å². The number of fused-ring (bicyclic) bond motifs is 2. The first-order chi connectivity index (χ1) is 13.9. The summed E-state index contributed by atoms with van der Waals surface area (Å²) in [7, 11) is -3.33. The van der Waals surface area contributed by atoms with Gasteiger partial charge in [-0.2, -0.15) is 0 Å². The van der Waals surface area contributed by atoms with Crippen LogP contribution < -0.4 is 4.90 Å². The highest BCUT2D eigenvalue weighted by Gasteiger charge is 2.52. The molecule has 0 saturated heterocycles. The van der Waals surface area contributed by atoms with Crippen molar-refractivity contribution in [1.82, 2.24) is 9.97 Å². The average Bonchev–Trinajstić information content (AvgIpc) is 3.45. The predicted octanol–water partition coefficient (Wildman–Crippen LogP) is 4.51. The largest absolute Gasteiger partial charge is 0.309 e. The number of hydrogen-bond donors (Lipinski definition) is 0. The number of anilines is 2. The summed E-state index contributed by atoms with van der Waals surface area (Å²) < 4.78 is 25.4. The maximum absolute atomic E-state index is 12.7. The molecule has 148 valence electrons. The first-order valence-corrected chi connectivity index (χ1v) is 11.5. The highest BCUT2D eigenvalue weighted by Crippen LogP contribution is 2.58. The lowest BCUT2D eigenvalue weighted by Gasteiger charge is -2.18. The van der Waals surface area contributed by atoms with Crippen LogP contribution in [-0.2, 0) is 15.3 Å². The molecule has 5 rings (SSSR count). The number of rotatable bonds is 4. The van der Waals surface area contributed by atoms with Crippen LogP contribution in [0.5, 0.6) is 0 Å². The first kappa shape index (κ1) is 18.3. The van der Waals surface area contributed by atoms with Crippen molar-refractivity contribution in [3.05, 3.63) is 66.5 Å². The normalized spacial score (nSPS) is 17.0. The number of nitrogens with zero attached hydrogens (tertiary/aromatic N) is 3. The van der Waals surface area contributed by atoms with E-state index >= 15 is 0 Å². The molecule has 0 atom stereocenters. The van der Waals surface area contributed by atoms with Crippen molar-refractivity contribution in [2.75, 3.05) is 11.4 Å². The number of sulfone groups is 1. The number of aromatic nitrogens is 2. The van der Waals surface area contributed by atoms with Crippen molar-refractivity contribution >= 4 is 21.5 Å². The lowest BCUT2D eigenvalue weighted by molar-refractivity contribution is 0.587. The van der Waals surface area contributed by atoms with Gasteiger partial charge in [0.2, 0.25) is 5.95 Å². The van der Waals surface area contributed by atoms with Crippen LogP contribution in [0.25, 0.3) is 11.1 Å². The standard InChI is InChI=1S/C23H23N3O2S/c1-16(2)29(27,28)19-8-9-20-21(12-19)26(15-23(20)10-11-23)22-24-13-18(14-25-22)17-6-4-3-5-7-17/h3-9,12-14,16H,10-11,15H2,1-2H3. The Morgan fingerprint density at radius 2 is 1.66 bits per heavy atom. The van der Waals surface area contributed by atoms with Gasteiger partial charge in [-0.05, 0) is 49.9 Å². The fourth-order valence-electron chi connectivity index (χ4n) is 4.10. The highest BCUT2D eigenvalue weighted by molar-refractivity contribution is 7.92. The Labute approximate surface area is 171 Å². The Bertz CT molecular complexity index is 1170. The topological polar surface area (TPSA) is 63.2 Å². The fraction of sp³-hybridized carbons (Fsp3) is 0.304. The van der Waals surface area contributed by atoms with Gasteiger partial charge in [-0.15, -0.1) is 0 Å². The van der Waals surface area contributed by atoms with Gasteiger partial charge in [0.15, 0.2) is 9.84 Å². The van der Waals surface area contributed by atoms with Crippen molar-refractivity contribution in [3.63, 3.8) is 0 Å². The van der Waals surface area contributed by atoms with Gasteiger partial charge in [-0.25, -0.2) is 18.4 Å². The van der Waals surface area contributed by atoms with Crippen LogP contribution >= 0.6 is 0 Å². The molecule has 0 N–H and O–H groups in total. The molecule has 6 heteroatoms. The molecule has 29 heavy (non-hydrogen) atoms. The second-order valence-electron chi connectivity index (χ2n) is 8.28. The molecule has 1 fully saturated rings. The lowest BCUT2D eigenvalue weighted by Crippen LogP contribution is -2.21. The number of hydrogen-bond acceptors (Lipinski definition) is 5. The summed E-state index contributed by atoms with van der Waals surface area (Å²) in [6.07, 6.45) is 5.91. The molecule has 1 aliphatic carbocycles. The maximum Gasteiger partial charge on any atom is 0.229 e. The third kappa shape index (κ3) is 2.94. The summed E-state index contributed by atoms with van der Waals surface area (Å²) in [5.41, 5.74) is 4.31. The fourth-order valence-corrected chi connectivity index (χ4v) is 5.18. The highest BCUT2D eigenvalue weighted by atomic mass is 32.2. The van der Waals surface area contributed by atoms with Gasteiger partial charge in [0.1, 0.15) is 0 Å². The van der Waals surface area contributed by atoms with E-state index in [1.807, 2.05) is 54.9 Å². The van der Waals surface area contributed by atoms with Gasteiger partial charge in [-0.1, -0.05) is 36.4 Å². The van der Waals surface area contributed by atoms with Crippen molar-refractivity contribution < 1.29 is 8.42 Å². The van der Waals surface area contributed by atoms with E-state index in [4.69, 9.17) is 0 Å². The van der Waals surface area contributed by atoms with Crippen LogP contribution in [0.15, 0.2) is 65.8 Å². The zero-order valence-corrected chi connectivity index (χ0v) is 17.4. The van der Waals surface area contributed by atoms with Crippen LogP contribution in [0.2, 0.25) is 0 Å². The summed E-state index contributed by atoms with van der Waals surface area (Å²) in [6.45, 7) is 4.24. The van der Waals surface area contributed by atoms with Gasteiger partial charge in [0.25, 0.3) is 0 Å². The Morgan fingerprint density at radius 3 is 2.28 bits per heavy atom. The Morgan fingerprint density at radius 1 is 0.966 bits per heavy atom. The molecule has 0 radical (unpaired) electrons. The van der Waals surface area contributed by atoms with Crippen molar-refractivity contribution in [2.24, 2.45) is 0 Å². The van der Waals surface area contributed by atoms with Crippen molar-refractivity contribution in [1.29, 1.82) is 0 Å².